The smallest absolute Gasteiger partial charge is 0.207 e. The van der Waals surface area contributed by atoms with Crippen molar-refractivity contribution >= 4 is 48.7 Å². The van der Waals surface area contributed by atoms with E-state index in [-0.39, 0.29) is 0 Å². The molecule has 1 spiro atoms. The summed E-state index contributed by atoms with van der Waals surface area (Å²) in [5, 5.41) is 2.09. The van der Waals surface area contributed by atoms with Crippen molar-refractivity contribution in [3.05, 3.63) is 192 Å². The second-order valence-electron chi connectivity index (χ2n) is 12.5. The first kappa shape index (κ1) is 27.2. The Morgan fingerprint density at radius 2 is 0.958 bits per heavy atom. The molecule has 8 aromatic rings. The summed E-state index contributed by atoms with van der Waals surface area (Å²) in [5.74, 6) is 0. The van der Waals surface area contributed by atoms with Gasteiger partial charge in [0.2, 0.25) is 9.84 Å². The van der Waals surface area contributed by atoms with Crippen LogP contribution in [0.1, 0.15) is 22.3 Å². The molecule has 228 valence electrons. The van der Waals surface area contributed by atoms with Gasteiger partial charge in [0.15, 0.2) is 0 Å². The van der Waals surface area contributed by atoms with Gasteiger partial charge in [0.05, 0.1) is 37.6 Å². The third kappa shape index (κ3) is 3.41. The van der Waals surface area contributed by atoms with Crippen LogP contribution in [0.15, 0.2) is 180 Å². The second-order valence-corrected chi connectivity index (χ2v) is 14.4. The Morgan fingerprint density at radius 1 is 0.417 bits per heavy atom. The average Bonchev–Trinajstić information content (AvgIpc) is 3.47. The number of aromatic nitrogens is 1. The lowest BCUT2D eigenvalue weighted by Crippen LogP contribution is -2.42. The molecule has 2 aliphatic heterocycles. The molecule has 7 aromatic carbocycles. The summed E-state index contributed by atoms with van der Waals surface area (Å²) in [4.78, 5) is 2.99. The van der Waals surface area contributed by atoms with Gasteiger partial charge in [-0.1, -0.05) is 109 Å². The van der Waals surface area contributed by atoms with Crippen LogP contribution >= 0.6 is 0 Å². The largest absolute Gasteiger partial charge is 0.310 e. The van der Waals surface area contributed by atoms with Crippen LogP contribution in [0.5, 0.6) is 0 Å². The molecule has 5 heteroatoms. The zero-order chi connectivity index (χ0) is 32.0. The Labute approximate surface area is 278 Å². The van der Waals surface area contributed by atoms with Crippen LogP contribution in [0.4, 0.5) is 17.1 Å². The first-order chi connectivity index (χ1) is 23.6. The van der Waals surface area contributed by atoms with Crippen molar-refractivity contribution in [3.8, 4) is 5.69 Å². The van der Waals surface area contributed by atoms with E-state index in [4.69, 9.17) is 0 Å². The van der Waals surface area contributed by atoms with Crippen molar-refractivity contribution in [2.75, 3.05) is 4.90 Å². The van der Waals surface area contributed by atoms with E-state index >= 15 is 0 Å². The van der Waals surface area contributed by atoms with Crippen molar-refractivity contribution in [2.45, 2.75) is 15.2 Å². The van der Waals surface area contributed by atoms with Gasteiger partial charge in [-0.05, 0) is 82.9 Å². The lowest BCUT2D eigenvalue weighted by Gasteiger charge is -2.48. The summed E-state index contributed by atoms with van der Waals surface area (Å²) in [5.41, 5.74) is 8.71. The van der Waals surface area contributed by atoms with Crippen LogP contribution < -0.4 is 4.90 Å². The number of sulfone groups is 1. The van der Waals surface area contributed by atoms with Crippen LogP contribution in [0.2, 0.25) is 0 Å². The maximum absolute atomic E-state index is 14.9. The van der Waals surface area contributed by atoms with E-state index in [0.29, 0.717) is 9.79 Å². The van der Waals surface area contributed by atoms with Gasteiger partial charge in [-0.2, -0.15) is 0 Å². The van der Waals surface area contributed by atoms with Gasteiger partial charge in [0.1, 0.15) is 0 Å². The first-order valence-electron chi connectivity index (χ1n) is 16.1. The molecule has 0 saturated carbocycles. The van der Waals surface area contributed by atoms with Gasteiger partial charge in [0.25, 0.3) is 0 Å². The fourth-order valence-electron chi connectivity index (χ4n) is 8.32. The predicted octanol–water partition coefficient (Wildman–Crippen LogP) is 10.1. The van der Waals surface area contributed by atoms with E-state index in [0.717, 1.165) is 66.8 Å². The SMILES string of the molecule is O=S1(=O)c2ccccc2C2(c3ccccc3N(c3ccccc3)c3ccccc32)c2cc3c4ccccc4n(-c4ccccc4)c3cc21. The van der Waals surface area contributed by atoms with Gasteiger partial charge < -0.3 is 9.47 Å². The number of para-hydroxylation sites is 5. The summed E-state index contributed by atoms with van der Waals surface area (Å²) in [6.07, 6.45) is 0. The molecule has 0 radical (unpaired) electrons. The second kappa shape index (κ2) is 9.80. The van der Waals surface area contributed by atoms with Gasteiger partial charge in [-0.3, -0.25) is 0 Å². The molecule has 0 N–H and O–H groups in total. The molecule has 2 aliphatic rings. The molecular formula is C43H28N2O2S. The van der Waals surface area contributed by atoms with Gasteiger partial charge in [-0.25, -0.2) is 8.42 Å². The predicted molar refractivity (Wildman–Crippen MR) is 193 cm³/mol. The maximum atomic E-state index is 14.9. The summed E-state index contributed by atoms with van der Waals surface area (Å²) >= 11 is 0. The monoisotopic (exact) mass is 636 g/mol. The van der Waals surface area contributed by atoms with Crippen LogP contribution in [0, 0.1) is 0 Å². The highest BCUT2D eigenvalue weighted by atomic mass is 32.2. The number of rotatable bonds is 2. The lowest BCUT2D eigenvalue weighted by molar-refractivity contribution is 0.578. The van der Waals surface area contributed by atoms with E-state index in [9.17, 15) is 8.42 Å². The van der Waals surface area contributed by atoms with Crippen molar-refractivity contribution in [1.82, 2.24) is 4.57 Å². The number of nitrogens with zero attached hydrogens (tertiary/aromatic N) is 2. The normalized spacial score (nSPS) is 15.1. The van der Waals surface area contributed by atoms with Crippen LogP contribution in [-0.2, 0) is 15.3 Å². The minimum atomic E-state index is -3.90. The topological polar surface area (TPSA) is 42.3 Å². The molecule has 0 saturated heterocycles. The average molecular weight is 637 g/mol. The highest BCUT2D eigenvalue weighted by molar-refractivity contribution is 7.91. The lowest BCUT2D eigenvalue weighted by atomic mass is 9.62. The molecule has 3 heterocycles. The van der Waals surface area contributed by atoms with E-state index in [1.54, 1.807) is 6.07 Å². The molecule has 0 bridgehead atoms. The molecule has 0 amide bonds. The zero-order valence-corrected chi connectivity index (χ0v) is 26.6. The molecule has 0 fully saturated rings. The van der Waals surface area contributed by atoms with Gasteiger partial charge in [-0.15, -0.1) is 0 Å². The van der Waals surface area contributed by atoms with Crippen molar-refractivity contribution < 1.29 is 8.42 Å². The van der Waals surface area contributed by atoms with Crippen molar-refractivity contribution in [2.24, 2.45) is 0 Å². The van der Waals surface area contributed by atoms with E-state index in [1.807, 2.05) is 54.6 Å². The van der Waals surface area contributed by atoms with Crippen LogP contribution in [0.3, 0.4) is 0 Å². The number of hydrogen-bond donors (Lipinski definition) is 0. The van der Waals surface area contributed by atoms with E-state index < -0.39 is 15.3 Å². The molecule has 1 aromatic heterocycles. The van der Waals surface area contributed by atoms with Crippen LogP contribution in [0.25, 0.3) is 27.5 Å². The van der Waals surface area contributed by atoms with E-state index in [1.165, 1.54) is 0 Å². The molecule has 48 heavy (non-hydrogen) atoms. The van der Waals surface area contributed by atoms with E-state index in [2.05, 4.69) is 119 Å². The maximum Gasteiger partial charge on any atom is 0.207 e. The zero-order valence-electron chi connectivity index (χ0n) is 25.8. The number of hydrogen-bond acceptors (Lipinski definition) is 3. The first-order valence-corrected chi connectivity index (χ1v) is 17.6. The fraction of sp³-hybridized carbons (Fsp3) is 0.0233. The Hall–Kier alpha value is -5.91. The molecule has 0 aliphatic carbocycles. The fourth-order valence-corrected chi connectivity index (χ4v) is 10.1. The minimum absolute atomic E-state index is 0.339. The van der Waals surface area contributed by atoms with Crippen molar-refractivity contribution in [3.63, 3.8) is 0 Å². The molecule has 4 nitrogen and oxygen atoms in total. The summed E-state index contributed by atoms with van der Waals surface area (Å²) in [6.45, 7) is 0. The summed E-state index contributed by atoms with van der Waals surface area (Å²) in [6, 6.07) is 57.6. The number of anilines is 3. The molecule has 0 unspecified atom stereocenters. The van der Waals surface area contributed by atoms with Gasteiger partial charge >= 0.3 is 0 Å². The minimum Gasteiger partial charge on any atom is -0.310 e. The Bertz CT molecular complexity index is 2650. The standard InChI is InChI=1S/C43H28N2O2S/c46-48(47)41-26-14-10-22-35(41)43(33-20-8-12-24-38(33)45(30-17-5-2-6-18-30)39-25-13-9-21-34(39)43)36-27-32-31-19-7-11-23-37(31)44(40(32)28-42(36)48)29-15-3-1-4-16-29/h1-28H. The van der Waals surface area contributed by atoms with Gasteiger partial charge in [0, 0.05) is 22.1 Å². The van der Waals surface area contributed by atoms with Crippen molar-refractivity contribution in [1.29, 1.82) is 0 Å². The molecular weight excluding hydrogens is 609 g/mol. The quantitative estimate of drug-likeness (QED) is 0.190. The summed E-state index contributed by atoms with van der Waals surface area (Å²) in [7, 11) is -3.90. The van der Waals surface area contributed by atoms with Crippen LogP contribution in [-0.4, -0.2) is 13.0 Å². The molecule has 10 rings (SSSR count). The third-order valence-corrected chi connectivity index (χ3v) is 12.0. The third-order valence-electron chi connectivity index (χ3n) is 10.2. The summed E-state index contributed by atoms with van der Waals surface area (Å²) < 4.78 is 32.0. The Kier molecular flexibility index (Phi) is 5.56. The number of benzene rings is 7. The molecule has 0 atom stereocenters. The Balaban J connectivity index is 1.42. The Morgan fingerprint density at radius 3 is 1.65 bits per heavy atom. The number of fused-ring (bicyclic) bond motifs is 11. The highest BCUT2D eigenvalue weighted by Crippen LogP contribution is 2.62. The highest BCUT2D eigenvalue weighted by Gasteiger charge is 2.53.